The molecule has 10 heteroatoms. The molecule has 2 rings (SSSR count). The fourth-order valence-corrected chi connectivity index (χ4v) is 3.47. The van der Waals surface area contributed by atoms with Crippen LogP contribution in [0.15, 0.2) is 4.34 Å². The monoisotopic (exact) mass is 293 g/mol. The molecule has 0 spiro atoms. The third-order valence-corrected chi connectivity index (χ3v) is 5.04. The lowest BCUT2D eigenvalue weighted by Gasteiger charge is -2.29. The maximum atomic E-state index is 11.8. The predicted octanol–water partition coefficient (Wildman–Crippen LogP) is -1.27. The van der Waals surface area contributed by atoms with Gasteiger partial charge in [-0.1, -0.05) is 11.3 Å². The fourth-order valence-electron chi connectivity index (χ4n) is 1.58. The Morgan fingerprint density at radius 1 is 1.61 bits per heavy atom. The van der Waals surface area contributed by atoms with Crippen LogP contribution < -0.4 is 10.5 Å². The van der Waals surface area contributed by atoms with Gasteiger partial charge in [-0.05, 0) is 7.05 Å². The zero-order valence-electron chi connectivity index (χ0n) is 9.87. The number of aromatic nitrogens is 2. The largest absolute Gasteiger partial charge is 0.374 e. The Kier molecular flexibility index (Phi) is 4.12. The van der Waals surface area contributed by atoms with Crippen molar-refractivity contribution in [3.63, 3.8) is 0 Å². The summed E-state index contributed by atoms with van der Waals surface area (Å²) in [6.45, 7) is 2.37. The van der Waals surface area contributed by atoms with Crippen LogP contribution in [0.3, 0.4) is 0 Å². The van der Waals surface area contributed by atoms with Gasteiger partial charge in [-0.3, -0.25) is 0 Å². The van der Waals surface area contributed by atoms with Gasteiger partial charge >= 0.3 is 0 Å². The third kappa shape index (κ3) is 3.36. The molecule has 0 amide bonds. The Morgan fingerprint density at radius 2 is 2.39 bits per heavy atom. The average molecular weight is 293 g/mol. The number of anilines is 1. The summed E-state index contributed by atoms with van der Waals surface area (Å²) >= 11 is 0.836. The second kappa shape index (κ2) is 5.45. The Balaban J connectivity index is 1.93. The molecule has 1 saturated heterocycles. The first-order valence-electron chi connectivity index (χ1n) is 5.36. The van der Waals surface area contributed by atoms with Gasteiger partial charge in [0.15, 0.2) is 0 Å². The maximum absolute atomic E-state index is 11.8. The number of morpholine rings is 1. The number of nitrogens with zero attached hydrogens (tertiary/aromatic N) is 3. The maximum Gasteiger partial charge on any atom is 0.269 e. The average Bonchev–Trinajstić information content (AvgIpc) is 2.74. The van der Waals surface area contributed by atoms with Crippen molar-refractivity contribution in [2.24, 2.45) is 0 Å². The Bertz CT molecular complexity index is 503. The van der Waals surface area contributed by atoms with Crippen LogP contribution in [-0.4, -0.2) is 62.9 Å². The van der Waals surface area contributed by atoms with Gasteiger partial charge in [0.2, 0.25) is 9.47 Å². The van der Waals surface area contributed by atoms with E-state index in [9.17, 15) is 8.42 Å². The molecule has 1 aliphatic rings. The van der Waals surface area contributed by atoms with Crippen LogP contribution in [0.4, 0.5) is 5.13 Å². The van der Waals surface area contributed by atoms with Crippen molar-refractivity contribution in [3.05, 3.63) is 0 Å². The highest BCUT2D eigenvalue weighted by atomic mass is 32.2. The lowest BCUT2D eigenvalue weighted by Crippen LogP contribution is -2.45. The lowest BCUT2D eigenvalue weighted by molar-refractivity contribution is -0.0156. The normalized spacial score (nSPS) is 22.2. The van der Waals surface area contributed by atoms with Crippen LogP contribution in [0.1, 0.15) is 0 Å². The summed E-state index contributed by atoms with van der Waals surface area (Å²) in [4.78, 5) is 2.09. The van der Waals surface area contributed by atoms with E-state index in [1.165, 1.54) is 0 Å². The minimum Gasteiger partial charge on any atom is -0.374 e. The number of ether oxygens (including phenoxy) is 1. The summed E-state index contributed by atoms with van der Waals surface area (Å²) < 4.78 is 31.5. The number of nitrogens with one attached hydrogen (secondary N) is 1. The summed E-state index contributed by atoms with van der Waals surface area (Å²) in [6, 6.07) is 0. The molecule has 0 aliphatic carbocycles. The molecular weight excluding hydrogens is 278 g/mol. The first-order chi connectivity index (χ1) is 8.47. The van der Waals surface area contributed by atoms with Crippen LogP contribution >= 0.6 is 11.3 Å². The van der Waals surface area contributed by atoms with Crippen LogP contribution in [0, 0.1) is 0 Å². The van der Waals surface area contributed by atoms with E-state index in [4.69, 9.17) is 10.5 Å². The van der Waals surface area contributed by atoms with Crippen molar-refractivity contribution < 1.29 is 13.2 Å². The summed E-state index contributed by atoms with van der Waals surface area (Å²) in [7, 11) is -1.67. The highest BCUT2D eigenvalue weighted by Crippen LogP contribution is 2.16. The Morgan fingerprint density at radius 3 is 3.00 bits per heavy atom. The number of sulfonamides is 1. The molecular formula is C8H15N5O3S2. The van der Waals surface area contributed by atoms with Gasteiger partial charge in [0.1, 0.15) is 0 Å². The van der Waals surface area contributed by atoms with Gasteiger partial charge in [-0.25, -0.2) is 13.1 Å². The first-order valence-corrected chi connectivity index (χ1v) is 7.66. The molecule has 0 saturated carbocycles. The highest BCUT2D eigenvalue weighted by Gasteiger charge is 2.23. The SMILES string of the molecule is CN1CCOC(CNS(=O)(=O)c2nnc(N)s2)C1. The van der Waals surface area contributed by atoms with E-state index in [0.717, 1.165) is 17.9 Å². The van der Waals surface area contributed by atoms with Crippen molar-refractivity contribution >= 4 is 26.5 Å². The molecule has 2 heterocycles. The number of nitrogen functional groups attached to an aromatic ring is 1. The van der Waals surface area contributed by atoms with Gasteiger partial charge in [0.05, 0.1) is 12.7 Å². The highest BCUT2D eigenvalue weighted by molar-refractivity contribution is 7.91. The van der Waals surface area contributed by atoms with Crippen LogP contribution in [0.2, 0.25) is 0 Å². The van der Waals surface area contributed by atoms with E-state index in [1.54, 1.807) is 0 Å². The summed E-state index contributed by atoms with van der Waals surface area (Å²) in [6.07, 6.45) is -0.149. The molecule has 18 heavy (non-hydrogen) atoms. The van der Waals surface area contributed by atoms with Crippen molar-refractivity contribution in [2.75, 3.05) is 39.0 Å². The first kappa shape index (κ1) is 13.6. The molecule has 8 nitrogen and oxygen atoms in total. The Hall–Kier alpha value is -0.810. The smallest absolute Gasteiger partial charge is 0.269 e. The predicted molar refractivity (Wildman–Crippen MR) is 66.7 cm³/mol. The summed E-state index contributed by atoms with van der Waals surface area (Å²) in [5.41, 5.74) is 5.35. The number of hydrogen-bond acceptors (Lipinski definition) is 8. The van der Waals surface area contributed by atoms with Gasteiger partial charge in [-0.2, -0.15) is 0 Å². The lowest BCUT2D eigenvalue weighted by atomic mass is 10.3. The second-order valence-electron chi connectivity index (χ2n) is 4.01. The molecule has 0 bridgehead atoms. The summed E-state index contributed by atoms with van der Waals surface area (Å²) in [5, 5.41) is 7.11. The van der Waals surface area contributed by atoms with Crippen molar-refractivity contribution in [1.29, 1.82) is 0 Å². The second-order valence-corrected chi connectivity index (χ2v) is 6.96. The molecule has 1 aliphatic heterocycles. The van der Waals surface area contributed by atoms with Gasteiger partial charge in [0, 0.05) is 19.6 Å². The zero-order chi connectivity index (χ0) is 13.2. The van der Waals surface area contributed by atoms with Crippen molar-refractivity contribution in [3.8, 4) is 0 Å². The quantitative estimate of drug-likeness (QED) is 0.712. The van der Waals surface area contributed by atoms with E-state index < -0.39 is 10.0 Å². The van der Waals surface area contributed by atoms with Gasteiger partial charge in [0.25, 0.3) is 10.0 Å². The van der Waals surface area contributed by atoms with Crippen molar-refractivity contribution in [2.45, 2.75) is 10.4 Å². The van der Waals surface area contributed by atoms with Crippen LogP contribution in [0.25, 0.3) is 0 Å². The number of hydrogen-bond donors (Lipinski definition) is 2. The molecule has 1 aromatic rings. The van der Waals surface area contributed by atoms with Crippen LogP contribution in [-0.2, 0) is 14.8 Å². The Labute approximate surface area is 109 Å². The van der Waals surface area contributed by atoms with Gasteiger partial charge < -0.3 is 15.4 Å². The fraction of sp³-hybridized carbons (Fsp3) is 0.750. The van der Waals surface area contributed by atoms with Crippen LogP contribution in [0.5, 0.6) is 0 Å². The molecule has 1 unspecified atom stereocenters. The molecule has 1 atom stereocenters. The number of nitrogens with two attached hydrogens (primary N) is 1. The molecule has 3 N–H and O–H groups in total. The number of rotatable bonds is 4. The molecule has 0 radical (unpaired) electrons. The molecule has 0 aromatic carbocycles. The minimum atomic E-state index is -3.64. The topological polar surface area (TPSA) is 110 Å². The molecule has 1 fully saturated rings. The number of likely N-dealkylation sites (N-methyl/N-ethyl adjacent to an activating group) is 1. The summed E-state index contributed by atoms with van der Waals surface area (Å²) in [5.74, 6) is 0. The van der Waals surface area contributed by atoms with E-state index in [0.29, 0.717) is 13.2 Å². The van der Waals surface area contributed by atoms with Crippen molar-refractivity contribution in [1.82, 2.24) is 19.8 Å². The third-order valence-electron chi connectivity index (χ3n) is 2.49. The van der Waals surface area contributed by atoms with E-state index >= 15 is 0 Å². The van der Waals surface area contributed by atoms with E-state index in [-0.39, 0.29) is 22.1 Å². The van der Waals surface area contributed by atoms with Gasteiger partial charge in [-0.15, -0.1) is 10.2 Å². The van der Waals surface area contributed by atoms with E-state index in [2.05, 4.69) is 19.8 Å². The molecule has 1 aromatic heterocycles. The zero-order valence-corrected chi connectivity index (χ0v) is 11.5. The van der Waals surface area contributed by atoms with E-state index in [1.807, 2.05) is 7.05 Å². The minimum absolute atomic E-state index is 0.121. The molecule has 102 valence electrons. The standard InChI is InChI=1S/C8H15N5O3S2/c1-13-2-3-16-6(5-13)4-10-18(14,15)8-12-11-7(9)17-8/h6,10H,2-5H2,1H3,(H2,9,11).